The maximum Gasteiger partial charge on any atom is 0.238 e. The van der Waals surface area contributed by atoms with Crippen molar-refractivity contribution in [3.63, 3.8) is 0 Å². The fourth-order valence-electron chi connectivity index (χ4n) is 2.93. The van der Waals surface area contributed by atoms with Crippen LogP contribution in [0.5, 0.6) is 0 Å². The molecule has 0 bridgehead atoms. The number of furan rings is 1. The maximum absolute atomic E-state index is 12.3. The van der Waals surface area contributed by atoms with Crippen LogP contribution in [-0.2, 0) is 17.6 Å². The molecule has 26 heavy (non-hydrogen) atoms. The predicted octanol–water partition coefficient (Wildman–Crippen LogP) is 3.81. The Morgan fingerprint density at radius 2 is 2.04 bits per heavy atom. The van der Waals surface area contributed by atoms with Gasteiger partial charge in [0.25, 0.3) is 0 Å². The number of nitrogens with zero attached hydrogens (tertiary/aromatic N) is 2. The standard InChI is InChI=1S/C19H18ClN3O3/c20-14-5-3-13(4-6-14)12-19(9-10-19)22-16(24)7-8-17-21-18(23-26-17)15-2-1-11-25-15/h1-6,11H,7-10,12H2,(H,22,24). The molecule has 1 amide bonds. The van der Waals surface area contributed by atoms with Gasteiger partial charge in [0.1, 0.15) is 0 Å². The summed E-state index contributed by atoms with van der Waals surface area (Å²) in [5, 5.41) is 7.74. The molecule has 7 heteroatoms. The third kappa shape index (κ3) is 3.96. The van der Waals surface area contributed by atoms with Crippen LogP contribution in [0.1, 0.15) is 30.7 Å². The number of aryl methyl sites for hydroxylation is 1. The minimum atomic E-state index is -0.126. The molecule has 6 nitrogen and oxygen atoms in total. The Labute approximate surface area is 155 Å². The number of carbonyl (C=O) groups is 1. The lowest BCUT2D eigenvalue weighted by molar-refractivity contribution is -0.122. The first-order valence-corrected chi connectivity index (χ1v) is 8.92. The van der Waals surface area contributed by atoms with Gasteiger partial charge in [-0.15, -0.1) is 0 Å². The van der Waals surface area contributed by atoms with Crippen molar-refractivity contribution in [3.8, 4) is 11.6 Å². The molecule has 3 aromatic rings. The predicted molar refractivity (Wildman–Crippen MR) is 95.6 cm³/mol. The number of rotatable bonds is 7. The van der Waals surface area contributed by atoms with Crippen LogP contribution in [-0.4, -0.2) is 21.6 Å². The molecule has 0 spiro atoms. The molecule has 1 fully saturated rings. The van der Waals surface area contributed by atoms with E-state index in [0.717, 1.165) is 24.3 Å². The molecular weight excluding hydrogens is 354 g/mol. The number of hydrogen-bond acceptors (Lipinski definition) is 5. The number of nitrogens with one attached hydrogen (secondary N) is 1. The molecule has 2 heterocycles. The van der Waals surface area contributed by atoms with Crippen molar-refractivity contribution >= 4 is 17.5 Å². The number of amides is 1. The molecular formula is C19H18ClN3O3. The Hall–Kier alpha value is -2.60. The SMILES string of the molecule is O=C(CCc1nc(-c2ccco2)no1)NC1(Cc2ccc(Cl)cc2)CC1. The molecule has 0 unspecified atom stereocenters. The molecule has 1 aliphatic rings. The smallest absolute Gasteiger partial charge is 0.238 e. The Morgan fingerprint density at radius 1 is 1.23 bits per heavy atom. The second-order valence-corrected chi connectivity index (χ2v) is 7.06. The van der Waals surface area contributed by atoms with Crippen molar-refractivity contribution in [2.75, 3.05) is 0 Å². The highest BCUT2D eigenvalue weighted by atomic mass is 35.5. The van der Waals surface area contributed by atoms with Crippen molar-refractivity contribution < 1.29 is 13.7 Å². The Bertz CT molecular complexity index is 883. The van der Waals surface area contributed by atoms with Gasteiger partial charge in [0.15, 0.2) is 5.76 Å². The lowest BCUT2D eigenvalue weighted by Gasteiger charge is -2.17. The van der Waals surface area contributed by atoms with E-state index in [1.165, 1.54) is 5.56 Å². The number of halogens is 1. The van der Waals surface area contributed by atoms with Gasteiger partial charge in [-0.25, -0.2) is 0 Å². The Morgan fingerprint density at radius 3 is 2.73 bits per heavy atom. The minimum absolute atomic E-state index is 0.00536. The van der Waals surface area contributed by atoms with Crippen LogP contribution in [0.4, 0.5) is 0 Å². The quantitative estimate of drug-likeness (QED) is 0.683. The van der Waals surface area contributed by atoms with E-state index < -0.39 is 0 Å². The number of hydrogen-bond donors (Lipinski definition) is 1. The second kappa shape index (κ2) is 6.96. The first kappa shape index (κ1) is 16.8. The molecule has 4 rings (SSSR count). The van der Waals surface area contributed by atoms with Gasteiger partial charge < -0.3 is 14.3 Å². The van der Waals surface area contributed by atoms with Crippen molar-refractivity contribution in [1.82, 2.24) is 15.5 Å². The average Bonchev–Trinajstić information content (AvgIpc) is 3.07. The summed E-state index contributed by atoms with van der Waals surface area (Å²) in [6.07, 6.45) is 5.06. The zero-order valence-electron chi connectivity index (χ0n) is 14.1. The van der Waals surface area contributed by atoms with Crippen LogP contribution in [0.25, 0.3) is 11.6 Å². The van der Waals surface area contributed by atoms with Gasteiger partial charge in [0.2, 0.25) is 17.6 Å². The van der Waals surface area contributed by atoms with E-state index in [1.54, 1.807) is 18.4 Å². The third-order valence-corrected chi connectivity index (χ3v) is 4.74. The fourth-order valence-corrected chi connectivity index (χ4v) is 3.06. The van der Waals surface area contributed by atoms with E-state index in [1.807, 2.05) is 24.3 Å². The van der Waals surface area contributed by atoms with Crippen LogP contribution in [0.15, 0.2) is 51.6 Å². The minimum Gasteiger partial charge on any atom is -0.461 e. The largest absolute Gasteiger partial charge is 0.461 e. The third-order valence-electron chi connectivity index (χ3n) is 4.49. The molecule has 1 saturated carbocycles. The van der Waals surface area contributed by atoms with Crippen molar-refractivity contribution in [2.45, 2.75) is 37.6 Å². The van der Waals surface area contributed by atoms with Crippen LogP contribution in [0.3, 0.4) is 0 Å². The van der Waals surface area contributed by atoms with Crippen LogP contribution in [0, 0.1) is 0 Å². The molecule has 134 valence electrons. The first-order chi connectivity index (χ1) is 12.6. The number of benzene rings is 1. The molecule has 0 aliphatic heterocycles. The fraction of sp³-hybridized carbons (Fsp3) is 0.316. The topological polar surface area (TPSA) is 81.2 Å². The monoisotopic (exact) mass is 371 g/mol. The Balaban J connectivity index is 1.29. The first-order valence-electron chi connectivity index (χ1n) is 8.54. The van der Waals surface area contributed by atoms with E-state index in [-0.39, 0.29) is 11.4 Å². The summed E-state index contributed by atoms with van der Waals surface area (Å²) in [5.41, 5.74) is 1.05. The highest BCUT2D eigenvalue weighted by Crippen LogP contribution is 2.38. The average molecular weight is 372 g/mol. The number of carbonyl (C=O) groups excluding carboxylic acids is 1. The summed E-state index contributed by atoms with van der Waals surface area (Å²) in [6, 6.07) is 11.3. The van der Waals surface area contributed by atoms with Crippen LogP contribution >= 0.6 is 11.6 Å². The van der Waals surface area contributed by atoms with E-state index >= 15 is 0 Å². The normalized spacial score (nSPS) is 15.0. The highest BCUT2D eigenvalue weighted by molar-refractivity contribution is 6.30. The molecule has 0 saturated heterocycles. The summed E-state index contributed by atoms with van der Waals surface area (Å²) in [5.74, 6) is 1.36. The van der Waals surface area contributed by atoms with E-state index in [4.69, 9.17) is 20.5 Å². The summed E-state index contributed by atoms with van der Waals surface area (Å²) in [4.78, 5) is 16.6. The van der Waals surface area contributed by atoms with Crippen molar-refractivity contribution in [2.24, 2.45) is 0 Å². The van der Waals surface area contributed by atoms with Gasteiger partial charge >= 0.3 is 0 Å². The number of aromatic nitrogens is 2. The van der Waals surface area contributed by atoms with E-state index in [0.29, 0.717) is 30.3 Å². The lowest BCUT2D eigenvalue weighted by atomic mass is 10.0. The van der Waals surface area contributed by atoms with Gasteiger partial charge in [0.05, 0.1) is 6.26 Å². The molecule has 1 aromatic carbocycles. The van der Waals surface area contributed by atoms with Crippen molar-refractivity contribution in [3.05, 3.63) is 59.1 Å². The summed E-state index contributed by atoms with van der Waals surface area (Å²) in [6.45, 7) is 0. The Kier molecular flexibility index (Phi) is 4.51. The van der Waals surface area contributed by atoms with Crippen molar-refractivity contribution in [1.29, 1.82) is 0 Å². The van der Waals surface area contributed by atoms with Gasteiger partial charge in [-0.2, -0.15) is 4.98 Å². The molecule has 2 aromatic heterocycles. The van der Waals surface area contributed by atoms with Gasteiger partial charge in [-0.1, -0.05) is 28.9 Å². The lowest BCUT2D eigenvalue weighted by Crippen LogP contribution is -2.38. The molecule has 0 radical (unpaired) electrons. The van der Waals surface area contributed by atoms with Gasteiger partial charge in [-0.05, 0) is 49.1 Å². The van der Waals surface area contributed by atoms with Gasteiger partial charge in [0, 0.05) is 23.4 Å². The zero-order chi connectivity index (χ0) is 18.0. The van der Waals surface area contributed by atoms with Crippen LogP contribution < -0.4 is 5.32 Å². The van der Waals surface area contributed by atoms with Crippen LogP contribution in [0.2, 0.25) is 5.02 Å². The van der Waals surface area contributed by atoms with Gasteiger partial charge in [-0.3, -0.25) is 4.79 Å². The summed E-state index contributed by atoms with van der Waals surface area (Å²) in [7, 11) is 0. The molecule has 0 atom stereocenters. The highest BCUT2D eigenvalue weighted by Gasteiger charge is 2.43. The van der Waals surface area contributed by atoms with E-state index in [2.05, 4.69) is 15.5 Å². The molecule has 1 aliphatic carbocycles. The summed E-state index contributed by atoms with van der Waals surface area (Å²) < 4.78 is 10.4. The molecule has 1 N–H and O–H groups in total. The maximum atomic E-state index is 12.3. The second-order valence-electron chi connectivity index (χ2n) is 6.62. The summed E-state index contributed by atoms with van der Waals surface area (Å²) >= 11 is 5.92. The van der Waals surface area contributed by atoms with E-state index in [9.17, 15) is 4.79 Å². The zero-order valence-corrected chi connectivity index (χ0v) is 14.8.